The number of ether oxygens (including phenoxy) is 2. The summed E-state index contributed by atoms with van der Waals surface area (Å²) in [6.07, 6.45) is 0.266. The van der Waals surface area contributed by atoms with Crippen molar-refractivity contribution in [2.24, 2.45) is 0 Å². The maximum absolute atomic E-state index is 11.7. The van der Waals surface area contributed by atoms with E-state index in [1.807, 2.05) is 20.8 Å². The molecule has 6 nitrogen and oxygen atoms in total. The summed E-state index contributed by atoms with van der Waals surface area (Å²) in [5.74, 6) is -0.334. The van der Waals surface area contributed by atoms with Gasteiger partial charge in [0.1, 0.15) is 5.60 Å². The molecule has 0 saturated carbocycles. The SMILES string of the molecule is CCOC(=O)Cc1csc(NC(=O)OC(C)(C)CC)n1. The Hall–Kier alpha value is -1.63. The van der Waals surface area contributed by atoms with Gasteiger partial charge in [-0.1, -0.05) is 6.92 Å². The van der Waals surface area contributed by atoms with Gasteiger partial charge in [-0.05, 0) is 27.2 Å². The third-order valence-corrected chi connectivity index (χ3v) is 3.42. The molecule has 0 aliphatic heterocycles. The van der Waals surface area contributed by atoms with Gasteiger partial charge in [-0.15, -0.1) is 11.3 Å². The summed E-state index contributed by atoms with van der Waals surface area (Å²) < 4.78 is 10.1. The van der Waals surface area contributed by atoms with Gasteiger partial charge in [0.15, 0.2) is 5.13 Å². The zero-order chi connectivity index (χ0) is 15.2. The van der Waals surface area contributed by atoms with Crippen LogP contribution >= 0.6 is 11.3 Å². The molecule has 0 unspecified atom stereocenters. The number of hydrogen-bond acceptors (Lipinski definition) is 6. The number of esters is 1. The average Bonchev–Trinajstić information content (AvgIpc) is 2.75. The highest BCUT2D eigenvalue weighted by molar-refractivity contribution is 7.13. The highest BCUT2D eigenvalue weighted by atomic mass is 32.1. The second-order valence-corrected chi connectivity index (χ2v) is 5.61. The van der Waals surface area contributed by atoms with Gasteiger partial charge in [-0.3, -0.25) is 10.1 Å². The van der Waals surface area contributed by atoms with E-state index in [4.69, 9.17) is 9.47 Å². The molecule has 112 valence electrons. The molecule has 0 radical (unpaired) electrons. The van der Waals surface area contributed by atoms with Gasteiger partial charge in [0.25, 0.3) is 0 Å². The maximum atomic E-state index is 11.7. The van der Waals surface area contributed by atoms with Crippen molar-refractivity contribution >= 4 is 28.5 Å². The fourth-order valence-corrected chi connectivity index (χ4v) is 1.94. The molecule has 1 rings (SSSR count). The maximum Gasteiger partial charge on any atom is 0.413 e. The first-order chi connectivity index (χ1) is 9.36. The Morgan fingerprint density at radius 1 is 1.40 bits per heavy atom. The molecule has 0 bridgehead atoms. The van der Waals surface area contributed by atoms with E-state index in [1.165, 1.54) is 11.3 Å². The highest BCUT2D eigenvalue weighted by Gasteiger charge is 2.21. The van der Waals surface area contributed by atoms with Crippen LogP contribution in [0.15, 0.2) is 5.38 Å². The van der Waals surface area contributed by atoms with Crippen LogP contribution < -0.4 is 5.32 Å². The minimum absolute atomic E-state index is 0.0987. The predicted molar refractivity (Wildman–Crippen MR) is 76.9 cm³/mol. The zero-order valence-corrected chi connectivity index (χ0v) is 13.0. The number of carbonyl (C=O) groups excluding carboxylic acids is 2. The van der Waals surface area contributed by atoms with Gasteiger partial charge in [0, 0.05) is 5.38 Å². The molecule has 0 fully saturated rings. The van der Waals surface area contributed by atoms with Gasteiger partial charge in [0.05, 0.1) is 18.7 Å². The molecule has 1 amide bonds. The first-order valence-corrected chi connectivity index (χ1v) is 7.34. The molecule has 0 aromatic carbocycles. The molecule has 0 aliphatic carbocycles. The van der Waals surface area contributed by atoms with E-state index in [0.717, 1.165) is 0 Å². The Bertz CT molecular complexity index is 471. The highest BCUT2D eigenvalue weighted by Crippen LogP contribution is 2.19. The number of aromatic nitrogens is 1. The zero-order valence-electron chi connectivity index (χ0n) is 12.2. The largest absolute Gasteiger partial charge is 0.466 e. The number of hydrogen-bond donors (Lipinski definition) is 1. The number of carbonyl (C=O) groups is 2. The Morgan fingerprint density at radius 3 is 2.70 bits per heavy atom. The Labute approximate surface area is 122 Å². The molecular weight excluding hydrogens is 280 g/mol. The van der Waals surface area contributed by atoms with E-state index in [1.54, 1.807) is 12.3 Å². The van der Waals surface area contributed by atoms with Crippen LogP contribution in [-0.2, 0) is 20.7 Å². The molecule has 1 aromatic heterocycles. The van der Waals surface area contributed by atoms with Gasteiger partial charge in [-0.2, -0.15) is 0 Å². The van der Waals surface area contributed by atoms with Crippen molar-refractivity contribution in [1.82, 2.24) is 4.98 Å². The van der Waals surface area contributed by atoms with E-state index in [0.29, 0.717) is 23.9 Å². The fraction of sp³-hybridized carbons (Fsp3) is 0.615. The van der Waals surface area contributed by atoms with Gasteiger partial charge in [-0.25, -0.2) is 9.78 Å². The molecule has 1 aromatic rings. The van der Waals surface area contributed by atoms with Crippen LogP contribution in [0.5, 0.6) is 0 Å². The lowest BCUT2D eigenvalue weighted by atomic mass is 10.1. The molecule has 0 atom stereocenters. The molecule has 7 heteroatoms. The molecular formula is C13H20N2O4S. The van der Waals surface area contributed by atoms with Crippen molar-refractivity contribution < 1.29 is 19.1 Å². The van der Waals surface area contributed by atoms with Crippen molar-refractivity contribution in [3.63, 3.8) is 0 Å². The van der Waals surface area contributed by atoms with Crippen LogP contribution in [0.25, 0.3) is 0 Å². The number of rotatable bonds is 6. The normalized spacial score (nSPS) is 11.0. The van der Waals surface area contributed by atoms with Gasteiger partial charge < -0.3 is 9.47 Å². The molecule has 20 heavy (non-hydrogen) atoms. The second-order valence-electron chi connectivity index (χ2n) is 4.75. The lowest BCUT2D eigenvalue weighted by Gasteiger charge is -2.22. The van der Waals surface area contributed by atoms with E-state index in [-0.39, 0.29) is 12.4 Å². The Balaban J connectivity index is 2.51. The molecule has 1 heterocycles. The first-order valence-electron chi connectivity index (χ1n) is 6.46. The summed E-state index contributed by atoms with van der Waals surface area (Å²) in [6, 6.07) is 0. The third-order valence-electron chi connectivity index (χ3n) is 2.61. The van der Waals surface area contributed by atoms with Crippen molar-refractivity contribution in [2.75, 3.05) is 11.9 Å². The van der Waals surface area contributed by atoms with Crippen molar-refractivity contribution in [1.29, 1.82) is 0 Å². The molecule has 0 spiro atoms. The van der Waals surface area contributed by atoms with Crippen LogP contribution in [0, 0.1) is 0 Å². The first kappa shape index (κ1) is 16.4. The number of thiazole rings is 1. The van der Waals surface area contributed by atoms with E-state index >= 15 is 0 Å². The lowest BCUT2D eigenvalue weighted by Crippen LogP contribution is -2.29. The number of anilines is 1. The van der Waals surface area contributed by atoms with E-state index in [9.17, 15) is 9.59 Å². The fourth-order valence-electron chi connectivity index (χ4n) is 1.24. The van der Waals surface area contributed by atoms with Gasteiger partial charge >= 0.3 is 12.1 Å². The van der Waals surface area contributed by atoms with Crippen LogP contribution in [0.2, 0.25) is 0 Å². The second kappa shape index (κ2) is 7.23. The van der Waals surface area contributed by atoms with Crippen molar-refractivity contribution in [2.45, 2.75) is 46.1 Å². The van der Waals surface area contributed by atoms with Crippen LogP contribution in [0.4, 0.5) is 9.93 Å². The van der Waals surface area contributed by atoms with E-state index < -0.39 is 11.7 Å². The number of nitrogens with zero attached hydrogens (tertiary/aromatic N) is 1. The van der Waals surface area contributed by atoms with Crippen LogP contribution in [0.3, 0.4) is 0 Å². The van der Waals surface area contributed by atoms with Gasteiger partial charge in [0.2, 0.25) is 0 Å². The standard InChI is InChI=1S/C13H20N2O4S/c1-5-13(3,4)19-12(17)15-11-14-9(8-20-11)7-10(16)18-6-2/h8H,5-7H2,1-4H3,(H,14,15,17). The monoisotopic (exact) mass is 300 g/mol. The van der Waals surface area contributed by atoms with Crippen LogP contribution in [-0.4, -0.2) is 29.3 Å². The smallest absolute Gasteiger partial charge is 0.413 e. The minimum Gasteiger partial charge on any atom is -0.466 e. The molecule has 1 N–H and O–H groups in total. The number of amides is 1. The van der Waals surface area contributed by atoms with Crippen molar-refractivity contribution in [3.8, 4) is 0 Å². The average molecular weight is 300 g/mol. The summed E-state index contributed by atoms with van der Waals surface area (Å²) >= 11 is 1.24. The third kappa shape index (κ3) is 5.56. The predicted octanol–water partition coefficient (Wildman–Crippen LogP) is 2.99. The topological polar surface area (TPSA) is 77.5 Å². The quantitative estimate of drug-likeness (QED) is 0.817. The van der Waals surface area contributed by atoms with Crippen molar-refractivity contribution in [3.05, 3.63) is 11.1 Å². The van der Waals surface area contributed by atoms with E-state index in [2.05, 4.69) is 10.3 Å². The summed E-state index contributed by atoms with van der Waals surface area (Å²) in [6.45, 7) is 7.69. The minimum atomic E-state index is -0.547. The number of nitrogens with one attached hydrogen (secondary N) is 1. The summed E-state index contributed by atoms with van der Waals surface area (Å²) in [7, 11) is 0. The summed E-state index contributed by atoms with van der Waals surface area (Å²) in [5, 5.41) is 4.66. The summed E-state index contributed by atoms with van der Waals surface area (Å²) in [5.41, 5.74) is 0.0493. The summed E-state index contributed by atoms with van der Waals surface area (Å²) in [4.78, 5) is 27.1. The Morgan fingerprint density at radius 2 is 2.10 bits per heavy atom. The lowest BCUT2D eigenvalue weighted by molar-refractivity contribution is -0.142. The molecule has 0 aliphatic rings. The molecule has 0 saturated heterocycles. The van der Waals surface area contributed by atoms with Crippen LogP contribution in [0.1, 0.15) is 39.8 Å². The Kier molecular flexibility index (Phi) is 5.94.